The number of carbonyl (C=O) groups is 1. The van der Waals surface area contributed by atoms with E-state index >= 15 is 0 Å². The van der Waals surface area contributed by atoms with Gasteiger partial charge in [-0.3, -0.25) is 9.79 Å². The molecule has 2 aromatic rings. The maximum atomic E-state index is 12.0. The Labute approximate surface area is 177 Å². The molecule has 1 amide bonds. The number of halogens is 1. The van der Waals surface area contributed by atoms with Crippen LogP contribution in [-0.2, 0) is 17.9 Å². The first-order chi connectivity index (χ1) is 13.8. The molecule has 0 spiro atoms. The molecule has 6 nitrogen and oxygen atoms in total. The summed E-state index contributed by atoms with van der Waals surface area (Å²) in [6.45, 7) is 6.93. The zero-order valence-corrected chi connectivity index (χ0v) is 18.1. The predicted molar refractivity (Wildman–Crippen MR) is 118 cm³/mol. The summed E-state index contributed by atoms with van der Waals surface area (Å²) in [5, 5.41) is 9.75. The number of ether oxygens (including phenoxy) is 1. The van der Waals surface area contributed by atoms with Crippen molar-refractivity contribution in [2.24, 2.45) is 4.99 Å². The van der Waals surface area contributed by atoms with Crippen LogP contribution in [0.1, 0.15) is 31.9 Å². The van der Waals surface area contributed by atoms with Gasteiger partial charge in [-0.25, -0.2) is 0 Å². The Morgan fingerprint density at radius 3 is 2.34 bits per heavy atom. The molecule has 2 rings (SSSR count). The number of aliphatic imine (C=N–C) groups is 1. The van der Waals surface area contributed by atoms with Gasteiger partial charge in [0, 0.05) is 19.1 Å². The number of guanidine groups is 1. The van der Waals surface area contributed by atoms with Crippen molar-refractivity contribution >= 4 is 23.5 Å². The third-order valence-electron chi connectivity index (χ3n) is 3.94. The lowest BCUT2D eigenvalue weighted by molar-refractivity contribution is -0.121. The lowest BCUT2D eigenvalue weighted by atomic mass is 10.1. The Bertz CT molecular complexity index is 847. The number of carbonyl (C=O) groups excluding carboxylic acids is 1. The van der Waals surface area contributed by atoms with Crippen molar-refractivity contribution in [1.29, 1.82) is 0 Å². The molecule has 0 atom stereocenters. The quantitative estimate of drug-likeness (QED) is 0.477. The van der Waals surface area contributed by atoms with Crippen LogP contribution in [0.2, 0.25) is 5.02 Å². The first kappa shape index (κ1) is 22.6. The number of benzene rings is 2. The van der Waals surface area contributed by atoms with Gasteiger partial charge in [-0.1, -0.05) is 48.0 Å². The van der Waals surface area contributed by atoms with Crippen molar-refractivity contribution < 1.29 is 9.53 Å². The Balaban J connectivity index is 1.91. The van der Waals surface area contributed by atoms with E-state index in [1.54, 1.807) is 13.1 Å². The molecule has 0 aliphatic heterocycles. The minimum atomic E-state index is -0.268. The largest absolute Gasteiger partial charge is 0.487 e. The van der Waals surface area contributed by atoms with E-state index in [1.165, 1.54) is 0 Å². The Kier molecular flexibility index (Phi) is 8.34. The van der Waals surface area contributed by atoms with Crippen molar-refractivity contribution in [3.05, 3.63) is 64.7 Å². The van der Waals surface area contributed by atoms with E-state index < -0.39 is 0 Å². The number of para-hydroxylation sites is 1. The van der Waals surface area contributed by atoms with Crippen LogP contribution in [0.4, 0.5) is 0 Å². The number of nitrogens with one attached hydrogen (secondary N) is 3. The molecule has 0 bridgehead atoms. The zero-order chi connectivity index (χ0) is 21.3. The van der Waals surface area contributed by atoms with Gasteiger partial charge in [0.05, 0.1) is 11.6 Å². The standard InChI is InChI=1S/C22H29ClN4O2/c1-22(2,3)27-20(28)14-26-21(24-4)25-13-16-9-5-6-10-17(16)15-29-19-12-8-7-11-18(19)23/h5-12H,13-15H2,1-4H3,(H,27,28)(H2,24,25,26). The fraction of sp³-hybridized carbons (Fsp3) is 0.364. The third kappa shape index (κ3) is 8.03. The van der Waals surface area contributed by atoms with Gasteiger partial charge >= 0.3 is 0 Å². The van der Waals surface area contributed by atoms with E-state index in [4.69, 9.17) is 16.3 Å². The van der Waals surface area contributed by atoms with E-state index in [0.29, 0.717) is 29.9 Å². The van der Waals surface area contributed by atoms with Gasteiger partial charge in [0.15, 0.2) is 5.96 Å². The zero-order valence-electron chi connectivity index (χ0n) is 17.4. The molecule has 29 heavy (non-hydrogen) atoms. The van der Waals surface area contributed by atoms with E-state index in [2.05, 4.69) is 20.9 Å². The van der Waals surface area contributed by atoms with Crippen LogP contribution in [-0.4, -0.2) is 31.0 Å². The molecule has 0 unspecified atom stereocenters. The molecule has 0 aliphatic carbocycles. The molecule has 7 heteroatoms. The molecule has 0 saturated carbocycles. The molecule has 3 N–H and O–H groups in total. The highest BCUT2D eigenvalue weighted by Gasteiger charge is 2.14. The van der Waals surface area contributed by atoms with E-state index in [0.717, 1.165) is 11.1 Å². The summed E-state index contributed by atoms with van der Waals surface area (Å²) in [6, 6.07) is 15.4. The predicted octanol–water partition coefficient (Wildman–Crippen LogP) is 3.50. The summed E-state index contributed by atoms with van der Waals surface area (Å²) in [7, 11) is 1.67. The van der Waals surface area contributed by atoms with Crippen molar-refractivity contribution in [2.45, 2.75) is 39.5 Å². The maximum absolute atomic E-state index is 12.0. The van der Waals surface area contributed by atoms with Gasteiger partial charge in [-0.2, -0.15) is 0 Å². The molecule has 0 saturated heterocycles. The summed E-state index contributed by atoms with van der Waals surface area (Å²) < 4.78 is 5.86. The Hall–Kier alpha value is -2.73. The number of amides is 1. The Morgan fingerprint density at radius 1 is 1.03 bits per heavy atom. The second kappa shape index (κ2) is 10.7. The van der Waals surface area contributed by atoms with Crippen molar-refractivity contribution in [1.82, 2.24) is 16.0 Å². The monoisotopic (exact) mass is 416 g/mol. The average molecular weight is 417 g/mol. The highest BCUT2D eigenvalue weighted by atomic mass is 35.5. The first-order valence-electron chi connectivity index (χ1n) is 9.48. The second-order valence-corrected chi connectivity index (χ2v) is 7.97. The lowest BCUT2D eigenvalue weighted by Gasteiger charge is -2.21. The van der Waals surface area contributed by atoms with Gasteiger partial charge in [0.1, 0.15) is 12.4 Å². The normalized spacial score (nSPS) is 11.7. The van der Waals surface area contributed by atoms with Crippen molar-refractivity contribution in [3.8, 4) is 5.75 Å². The van der Waals surface area contributed by atoms with E-state index in [-0.39, 0.29) is 18.0 Å². The van der Waals surface area contributed by atoms with Crippen LogP contribution in [0.3, 0.4) is 0 Å². The topological polar surface area (TPSA) is 74.8 Å². The smallest absolute Gasteiger partial charge is 0.239 e. The van der Waals surface area contributed by atoms with Crippen molar-refractivity contribution in [2.75, 3.05) is 13.6 Å². The summed E-state index contributed by atoms with van der Waals surface area (Å²) in [4.78, 5) is 16.1. The van der Waals surface area contributed by atoms with Crippen LogP contribution in [0.25, 0.3) is 0 Å². The van der Waals surface area contributed by atoms with Crippen molar-refractivity contribution in [3.63, 3.8) is 0 Å². The van der Waals surface area contributed by atoms with Gasteiger partial charge in [-0.05, 0) is 44.0 Å². The number of hydrogen-bond acceptors (Lipinski definition) is 3. The van der Waals surface area contributed by atoms with E-state index in [1.807, 2.05) is 63.2 Å². The number of nitrogens with zero attached hydrogens (tertiary/aromatic N) is 1. The highest BCUT2D eigenvalue weighted by Crippen LogP contribution is 2.24. The SMILES string of the molecule is CN=C(NCC(=O)NC(C)(C)C)NCc1ccccc1COc1ccccc1Cl. The lowest BCUT2D eigenvalue weighted by Crippen LogP contribution is -2.48. The summed E-state index contributed by atoms with van der Waals surface area (Å²) >= 11 is 6.16. The van der Waals surface area contributed by atoms with E-state index in [9.17, 15) is 4.79 Å². The van der Waals surface area contributed by atoms with Crippen LogP contribution in [0, 0.1) is 0 Å². The molecule has 0 fully saturated rings. The van der Waals surface area contributed by atoms with Crippen LogP contribution in [0.5, 0.6) is 5.75 Å². The van der Waals surface area contributed by atoms with Crippen LogP contribution >= 0.6 is 11.6 Å². The molecular formula is C22H29ClN4O2. The molecule has 0 aromatic heterocycles. The number of hydrogen-bond donors (Lipinski definition) is 3. The van der Waals surface area contributed by atoms with Gasteiger partial charge in [0.2, 0.25) is 5.91 Å². The summed E-state index contributed by atoms with van der Waals surface area (Å²) in [5.41, 5.74) is 1.85. The Morgan fingerprint density at radius 2 is 1.69 bits per heavy atom. The molecule has 0 heterocycles. The molecule has 0 radical (unpaired) electrons. The van der Waals surface area contributed by atoms with Gasteiger partial charge in [0.25, 0.3) is 0 Å². The summed E-state index contributed by atoms with van der Waals surface area (Å²) in [5.74, 6) is 1.11. The fourth-order valence-electron chi connectivity index (χ4n) is 2.61. The second-order valence-electron chi connectivity index (χ2n) is 7.57. The number of rotatable bonds is 7. The molecule has 2 aromatic carbocycles. The third-order valence-corrected chi connectivity index (χ3v) is 4.25. The fourth-order valence-corrected chi connectivity index (χ4v) is 2.80. The van der Waals surface area contributed by atoms with Gasteiger partial charge in [-0.15, -0.1) is 0 Å². The van der Waals surface area contributed by atoms with Crippen LogP contribution in [0.15, 0.2) is 53.5 Å². The molecule has 156 valence electrons. The summed E-state index contributed by atoms with van der Waals surface area (Å²) in [6.07, 6.45) is 0. The minimum Gasteiger partial charge on any atom is -0.487 e. The highest BCUT2D eigenvalue weighted by molar-refractivity contribution is 6.32. The molecule has 0 aliphatic rings. The van der Waals surface area contributed by atoms with Gasteiger partial charge < -0.3 is 20.7 Å². The minimum absolute atomic E-state index is 0.0889. The van der Waals surface area contributed by atoms with Crippen LogP contribution < -0.4 is 20.7 Å². The maximum Gasteiger partial charge on any atom is 0.239 e. The average Bonchev–Trinajstić information content (AvgIpc) is 2.67. The first-order valence-corrected chi connectivity index (χ1v) is 9.86. The molecular weight excluding hydrogens is 388 g/mol.